The average Bonchev–Trinajstić information content (AvgIpc) is 2.55. The highest BCUT2D eigenvalue weighted by Crippen LogP contribution is 2.24. The summed E-state index contributed by atoms with van der Waals surface area (Å²) in [7, 11) is 0. The van der Waals surface area contributed by atoms with Crippen LogP contribution in [0.5, 0.6) is 5.75 Å². The van der Waals surface area contributed by atoms with Gasteiger partial charge in [-0.25, -0.2) is 4.79 Å². The third-order valence-corrected chi connectivity index (χ3v) is 3.22. The molecule has 0 saturated carbocycles. The Kier molecular flexibility index (Phi) is 6.17. The second-order valence-corrected chi connectivity index (χ2v) is 4.86. The Bertz CT molecular complexity index is 722. The molecule has 2 aromatic rings. The molecule has 6 nitrogen and oxygen atoms in total. The minimum atomic E-state index is -0.674. The van der Waals surface area contributed by atoms with Crippen molar-refractivity contribution in [3.8, 4) is 5.75 Å². The third-order valence-electron chi connectivity index (χ3n) is 3.22. The Morgan fingerprint density at radius 1 is 1.26 bits per heavy atom. The highest BCUT2D eigenvalue weighted by molar-refractivity contribution is 5.97. The second-order valence-electron chi connectivity index (χ2n) is 4.86. The molecule has 2 rings (SSSR count). The maximum Gasteiger partial charge on any atom is 0.349 e. The molecule has 0 unspecified atom stereocenters. The maximum absolute atomic E-state index is 12.1. The Hall–Kier alpha value is -2.34. The van der Waals surface area contributed by atoms with Crippen LogP contribution in [-0.2, 0) is 4.74 Å². The monoisotopic (exact) mass is 319 g/mol. The maximum atomic E-state index is 12.1. The van der Waals surface area contributed by atoms with E-state index in [0.717, 1.165) is 0 Å². The Balaban J connectivity index is 2.16. The van der Waals surface area contributed by atoms with Gasteiger partial charge in [0.1, 0.15) is 5.56 Å². The predicted octanol–water partition coefficient (Wildman–Crippen LogP) is 2.35. The number of amides is 1. The molecule has 23 heavy (non-hydrogen) atoms. The number of nitrogens with one attached hydrogen (secondary N) is 1. The summed E-state index contributed by atoms with van der Waals surface area (Å²) in [6.45, 7) is 5.88. The summed E-state index contributed by atoms with van der Waals surface area (Å²) in [6.07, 6.45) is 0.687. The van der Waals surface area contributed by atoms with Crippen LogP contribution in [0, 0.1) is 0 Å². The van der Waals surface area contributed by atoms with E-state index in [2.05, 4.69) is 5.32 Å². The standard InChI is InChI=1S/C17H21NO5/c1-3-21-10-6-9-18-16(19)13-11-12-7-5-8-14(22-4-2)15(12)23-17(13)20/h5,7-8,11H,3-4,6,9-10H2,1-2H3,(H,18,19). The number of carbonyl (C=O) groups excluding carboxylic acids is 1. The van der Waals surface area contributed by atoms with Crippen LogP contribution in [-0.4, -0.2) is 32.3 Å². The molecule has 1 aromatic heterocycles. The fourth-order valence-corrected chi connectivity index (χ4v) is 2.16. The van der Waals surface area contributed by atoms with Gasteiger partial charge in [0.25, 0.3) is 5.91 Å². The smallest absolute Gasteiger partial charge is 0.349 e. The molecule has 1 N–H and O–H groups in total. The number of para-hydroxylation sites is 1. The van der Waals surface area contributed by atoms with Gasteiger partial charge in [0.2, 0.25) is 0 Å². The zero-order valence-corrected chi connectivity index (χ0v) is 13.4. The highest BCUT2D eigenvalue weighted by Gasteiger charge is 2.15. The number of benzene rings is 1. The molecule has 0 fully saturated rings. The first kappa shape index (κ1) is 17.0. The lowest BCUT2D eigenvalue weighted by molar-refractivity contribution is 0.0940. The molecule has 0 aliphatic heterocycles. The summed E-state index contributed by atoms with van der Waals surface area (Å²) in [5.41, 5.74) is -0.332. The number of ether oxygens (including phenoxy) is 2. The number of fused-ring (bicyclic) bond motifs is 1. The normalized spacial score (nSPS) is 10.7. The van der Waals surface area contributed by atoms with Crippen LogP contribution in [0.2, 0.25) is 0 Å². The number of rotatable bonds is 8. The van der Waals surface area contributed by atoms with Gasteiger partial charge in [-0.15, -0.1) is 0 Å². The van der Waals surface area contributed by atoms with Gasteiger partial charge in [-0.3, -0.25) is 4.79 Å². The molecule has 124 valence electrons. The summed E-state index contributed by atoms with van der Waals surface area (Å²) in [5.74, 6) is 0.0460. The van der Waals surface area contributed by atoms with Crippen molar-refractivity contribution in [2.45, 2.75) is 20.3 Å². The van der Waals surface area contributed by atoms with E-state index in [1.54, 1.807) is 18.2 Å². The van der Waals surface area contributed by atoms with Crippen LogP contribution in [0.25, 0.3) is 11.0 Å². The van der Waals surface area contributed by atoms with Crippen molar-refractivity contribution in [1.29, 1.82) is 0 Å². The first-order chi connectivity index (χ1) is 11.2. The first-order valence-electron chi connectivity index (χ1n) is 7.73. The Labute approximate surface area is 134 Å². The van der Waals surface area contributed by atoms with E-state index in [1.165, 1.54) is 6.07 Å². The minimum absolute atomic E-state index is 0.0115. The summed E-state index contributed by atoms with van der Waals surface area (Å²) in [6, 6.07) is 6.81. The van der Waals surface area contributed by atoms with Crippen LogP contribution in [0.15, 0.2) is 33.5 Å². The van der Waals surface area contributed by atoms with E-state index in [0.29, 0.717) is 49.5 Å². The lowest BCUT2D eigenvalue weighted by Gasteiger charge is -2.08. The van der Waals surface area contributed by atoms with Crippen LogP contribution >= 0.6 is 0 Å². The number of hydrogen-bond acceptors (Lipinski definition) is 5. The molecule has 1 heterocycles. The molecule has 0 aliphatic rings. The van der Waals surface area contributed by atoms with Gasteiger partial charge in [-0.2, -0.15) is 0 Å². The van der Waals surface area contributed by atoms with Crippen LogP contribution in [0.4, 0.5) is 0 Å². The summed E-state index contributed by atoms with van der Waals surface area (Å²) in [4.78, 5) is 24.2. The predicted molar refractivity (Wildman–Crippen MR) is 87.1 cm³/mol. The fourth-order valence-electron chi connectivity index (χ4n) is 2.16. The zero-order chi connectivity index (χ0) is 16.7. The van der Waals surface area contributed by atoms with Crippen LogP contribution in [0.1, 0.15) is 30.6 Å². The molecule has 1 aromatic carbocycles. The largest absolute Gasteiger partial charge is 0.490 e. The fraction of sp³-hybridized carbons (Fsp3) is 0.412. The van der Waals surface area contributed by atoms with Gasteiger partial charge < -0.3 is 19.2 Å². The molecular weight excluding hydrogens is 298 g/mol. The summed E-state index contributed by atoms with van der Waals surface area (Å²) >= 11 is 0. The van der Waals surface area contributed by atoms with E-state index >= 15 is 0 Å². The molecule has 0 spiro atoms. The lowest BCUT2D eigenvalue weighted by Crippen LogP contribution is -2.29. The molecule has 0 radical (unpaired) electrons. The Morgan fingerprint density at radius 2 is 2.09 bits per heavy atom. The van der Waals surface area contributed by atoms with Crippen molar-refractivity contribution in [3.63, 3.8) is 0 Å². The lowest BCUT2D eigenvalue weighted by atomic mass is 10.1. The van der Waals surface area contributed by atoms with Gasteiger partial charge in [0.05, 0.1) is 6.61 Å². The molecule has 6 heteroatoms. The van der Waals surface area contributed by atoms with Crippen molar-refractivity contribution in [2.24, 2.45) is 0 Å². The van der Waals surface area contributed by atoms with E-state index in [-0.39, 0.29) is 5.56 Å². The molecule has 0 aliphatic carbocycles. The highest BCUT2D eigenvalue weighted by atomic mass is 16.5. The first-order valence-corrected chi connectivity index (χ1v) is 7.73. The third kappa shape index (κ3) is 4.32. The van der Waals surface area contributed by atoms with Gasteiger partial charge in [0, 0.05) is 25.1 Å². The molecule has 0 bridgehead atoms. The SMILES string of the molecule is CCOCCCNC(=O)c1cc2cccc(OCC)c2oc1=O. The molecule has 0 atom stereocenters. The number of hydrogen-bond donors (Lipinski definition) is 1. The molecular formula is C17H21NO5. The molecule has 1 amide bonds. The zero-order valence-electron chi connectivity index (χ0n) is 13.4. The number of carbonyl (C=O) groups is 1. The quantitative estimate of drug-likeness (QED) is 0.597. The summed E-state index contributed by atoms with van der Waals surface area (Å²) in [5, 5.41) is 3.34. The second kappa shape index (κ2) is 8.33. The van der Waals surface area contributed by atoms with Crippen LogP contribution in [0.3, 0.4) is 0 Å². The van der Waals surface area contributed by atoms with Crippen molar-refractivity contribution >= 4 is 16.9 Å². The minimum Gasteiger partial charge on any atom is -0.490 e. The summed E-state index contributed by atoms with van der Waals surface area (Å²) < 4.78 is 15.9. The van der Waals surface area contributed by atoms with Crippen molar-refractivity contribution in [2.75, 3.05) is 26.4 Å². The van der Waals surface area contributed by atoms with Gasteiger partial charge in [-0.1, -0.05) is 12.1 Å². The van der Waals surface area contributed by atoms with Crippen molar-refractivity contribution < 1.29 is 18.7 Å². The van der Waals surface area contributed by atoms with Gasteiger partial charge in [-0.05, 0) is 32.4 Å². The van der Waals surface area contributed by atoms with E-state index in [1.807, 2.05) is 13.8 Å². The van der Waals surface area contributed by atoms with Gasteiger partial charge >= 0.3 is 5.63 Å². The van der Waals surface area contributed by atoms with Gasteiger partial charge in [0.15, 0.2) is 11.3 Å². The topological polar surface area (TPSA) is 77.8 Å². The van der Waals surface area contributed by atoms with Crippen molar-refractivity contribution in [1.82, 2.24) is 5.32 Å². The van der Waals surface area contributed by atoms with E-state index in [9.17, 15) is 9.59 Å². The average molecular weight is 319 g/mol. The van der Waals surface area contributed by atoms with E-state index in [4.69, 9.17) is 13.9 Å². The van der Waals surface area contributed by atoms with E-state index < -0.39 is 11.5 Å². The Morgan fingerprint density at radius 3 is 2.83 bits per heavy atom. The van der Waals surface area contributed by atoms with Crippen molar-refractivity contribution in [3.05, 3.63) is 40.2 Å². The molecule has 0 saturated heterocycles. The van der Waals surface area contributed by atoms with Crippen LogP contribution < -0.4 is 15.7 Å².